The molecule has 0 radical (unpaired) electrons. The second kappa shape index (κ2) is 6.91. The van der Waals surface area contributed by atoms with Crippen LogP contribution in [0.4, 0.5) is 0 Å². The van der Waals surface area contributed by atoms with E-state index < -0.39 is 5.97 Å². The van der Waals surface area contributed by atoms with E-state index >= 15 is 0 Å². The minimum Gasteiger partial charge on any atom is -0.460 e. The Morgan fingerprint density at radius 1 is 1.56 bits per heavy atom. The standard InChI is InChI=1S/C9H15N3O4/c1-3-15-9(13)8-11-7(16-12-8)6-10-4-5-14-2/h10H,3-6H2,1-2H3. The van der Waals surface area contributed by atoms with Crippen molar-refractivity contribution in [2.24, 2.45) is 0 Å². The van der Waals surface area contributed by atoms with Gasteiger partial charge in [0.15, 0.2) is 0 Å². The number of carbonyl (C=O) groups excluding carboxylic acids is 1. The summed E-state index contributed by atoms with van der Waals surface area (Å²) in [5.41, 5.74) is 0. The summed E-state index contributed by atoms with van der Waals surface area (Å²) in [4.78, 5) is 15.1. The predicted octanol–water partition coefficient (Wildman–Crippen LogP) is -0.0177. The molecule has 1 aromatic heterocycles. The first-order chi connectivity index (χ1) is 7.77. The van der Waals surface area contributed by atoms with Gasteiger partial charge in [-0.25, -0.2) is 4.79 Å². The van der Waals surface area contributed by atoms with Crippen molar-refractivity contribution in [1.29, 1.82) is 0 Å². The molecular weight excluding hydrogens is 214 g/mol. The SMILES string of the molecule is CCOC(=O)c1noc(CNCCOC)n1. The number of carbonyl (C=O) groups is 1. The number of rotatable bonds is 7. The van der Waals surface area contributed by atoms with Crippen molar-refractivity contribution in [3.63, 3.8) is 0 Å². The number of aromatic nitrogens is 2. The number of nitrogens with zero attached hydrogens (tertiary/aromatic N) is 2. The summed E-state index contributed by atoms with van der Waals surface area (Å²) in [5.74, 6) is -0.279. The quantitative estimate of drug-likeness (QED) is 0.519. The zero-order valence-corrected chi connectivity index (χ0v) is 9.36. The van der Waals surface area contributed by atoms with Gasteiger partial charge < -0.3 is 19.3 Å². The van der Waals surface area contributed by atoms with E-state index in [1.807, 2.05) is 0 Å². The summed E-state index contributed by atoms with van der Waals surface area (Å²) in [7, 11) is 1.62. The number of ether oxygens (including phenoxy) is 2. The lowest BCUT2D eigenvalue weighted by molar-refractivity contribution is 0.0508. The molecule has 0 aliphatic heterocycles. The molecule has 7 nitrogen and oxygen atoms in total. The number of hydrogen-bond donors (Lipinski definition) is 1. The van der Waals surface area contributed by atoms with Crippen LogP contribution in [-0.2, 0) is 16.0 Å². The second-order valence-electron chi connectivity index (χ2n) is 2.90. The first-order valence-electron chi connectivity index (χ1n) is 4.97. The molecular formula is C9H15N3O4. The third-order valence-electron chi connectivity index (χ3n) is 1.69. The van der Waals surface area contributed by atoms with E-state index in [2.05, 4.69) is 15.5 Å². The molecule has 0 spiro atoms. The largest absolute Gasteiger partial charge is 0.460 e. The van der Waals surface area contributed by atoms with Crippen LogP contribution < -0.4 is 5.32 Å². The van der Waals surface area contributed by atoms with Gasteiger partial charge in [0, 0.05) is 13.7 Å². The summed E-state index contributed by atoms with van der Waals surface area (Å²) in [5, 5.41) is 6.52. The normalized spacial score (nSPS) is 10.4. The molecule has 1 rings (SSSR count). The van der Waals surface area contributed by atoms with Crippen LogP contribution in [0.1, 0.15) is 23.4 Å². The van der Waals surface area contributed by atoms with Gasteiger partial charge in [-0.1, -0.05) is 0 Å². The molecule has 0 aliphatic rings. The van der Waals surface area contributed by atoms with Gasteiger partial charge in [-0.2, -0.15) is 4.98 Å². The van der Waals surface area contributed by atoms with Gasteiger partial charge in [0.25, 0.3) is 5.82 Å². The van der Waals surface area contributed by atoms with E-state index in [1.165, 1.54) is 0 Å². The summed E-state index contributed by atoms with van der Waals surface area (Å²) < 4.78 is 14.4. The number of nitrogens with one attached hydrogen (secondary N) is 1. The van der Waals surface area contributed by atoms with Crippen molar-refractivity contribution >= 4 is 5.97 Å². The zero-order valence-electron chi connectivity index (χ0n) is 9.36. The van der Waals surface area contributed by atoms with Crippen molar-refractivity contribution < 1.29 is 18.8 Å². The van der Waals surface area contributed by atoms with E-state index in [4.69, 9.17) is 14.0 Å². The van der Waals surface area contributed by atoms with Crippen molar-refractivity contribution in [1.82, 2.24) is 15.5 Å². The van der Waals surface area contributed by atoms with Gasteiger partial charge in [0.1, 0.15) is 0 Å². The molecule has 1 heterocycles. The van der Waals surface area contributed by atoms with Crippen LogP contribution in [0.3, 0.4) is 0 Å². The Kier molecular flexibility index (Phi) is 5.44. The van der Waals surface area contributed by atoms with Gasteiger partial charge in [-0.3, -0.25) is 0 Å². The molecule has 0 fully saturated rings. The summed E-state index contributed by atoms with van der Waals surface area (Å²) in [6, 6.07) is 0. The fourth-order valence-corrected chi connectivity index (χ4v) is 0.975. The molecule has 1 aromatic rings. The minimum atomic E-state index is -0.575. The van der Waals surface area contributed by atoms with Gasteiger partial charge in [-0.05, 0) is 12.1 Å². The van der Waals surface area contributed by atoms with Crippen molar-refractivity contribution in [2.45, 2.75) is 13.5 Å². The fraction of sp³-hybridized carbons (Fsp3) is 0.667. The smallest absolute Gasteiger partial charge is 0.379 e. The van der Waals surface area contributed by atoms with Gasteiger partial charge in [-0.15, -0.1) is 0 Å². The lowest BCUT2D eigenvalue weighted by atomic mass is 10.5. The lowest BCUT2D eigenvalue weighted by Crippen LogP contribution is -2.18. The average Bonchev–Trinajstić information content (AvgIpc) is 2.73. The number of methoxy groups -OCH3 is 1. The van der Waals surface area contributed by atoms with Crippen LogP contribution in [0.15, 0.2) is 4.52 Å². The Balaban J connectivity index is 2.36. The highest BCUT2D eigenvalue weighted by Gasteiger charge is 2.14. The van der Waals surface area contributed by atoms with Gasteiger partial charge in [0.05, 0.1) is 19.8 Å². The predicted molar refractivity (Wildman–Crippen MR) is 53.8 cm³/mol. The molecule has 0 saturated heterocycles. The number of hydrogen-bond acceptors (Lipinski definition) is 7. The van der Waals surface area contributed by atoms with Gasteiger partial charge in [0.2, 0.25) is 5.89 Å². The maximum absolute atomic E-state index is 11.2. The van der Waals surface area contributed by atoms with Crippen LogP contribution >= 0.6 is 0 Å². The van der Waals surface area contributed by atoms with E-state index in [-0.39, 0.29) is 12.4 Å². The van der Waals surface area contributed by atoms with Crippen LogP contribution in [-0.4, -0.2) is 43.0 Å². The zero-order chi connectivity index (χ0) is 11.8. The van der Waals surface area contributed by atoms with Crippen molar-refractivity contribution in [2.75, 3.05) is 26.9 Å². The molecule has 1 N–H and O–H groups in total. The Morgan fingerprint density at radius 2 is 2.38 bits per heavy atom. The molecule has 0 saturated carbocycles. The van der Waals surface area contributed by atoms with Crippen LogP contribution in [0.5, 0.6) is 0 Å². The molecule has 0 amide bonds. The maximum atomic E-state index is 11.2. The van der Waals surface area contributed by atoms with Crippen LogP contribution in [0, 0.1) is 0 Å². The maximum Gasteiger partial charge on any atom is 0.379 e. The molecule has 0 aromatic carbocycles. The Hall–Kier alpha value is -1.47. The third kappa shape index (κ3) is 3.95. The highest BCUT2D eigenvalue weighted by molar-refractivity contribution is 5.84. The molecule has 0 atom stereocenters. The molecule has 7 heteroatoms. The lowest BCUT2D eigenvalue weighted by Gasteiger charge is -1.98. The second-order valence-corrected chi connectivity index (χ2v) is 2.90. The van der Waals surface area contributed by atoms with E-state index in [1.54, 1.807) is 14.0 Å². The highest BCUT2D eigenvalue weighted by atomic mass is 16.5. The van der Waals surface area contributed by atoms with E-state index in [9.17, 15) is 4.79 Å². The summed E-state index contributed by atoms with van der Waals surface area (Å²) >= 11 is 0. The molecule has 0 bridgehead atoms. The monoisotopic (exact) mass is 229 g/mol. The number of esters is 1. The van der Waals surface area contributed by atoms with Crippen LogP contribution in [0.2, 0.25) is 0 Å². The fourth-order valence-electron chi connectivity index (χ4n) is 0.975. The van der Waals surface area contributed by atoms with Crippen molar-refractivity contribution in [3.8, 4) is 0 Å². The molecule has 0 aliphatic carbocycles. The Bertz CT molecular complexity index is 326. The van der Waals surface area contributed by atoms with Gasteiger partial charge >= 0.3 is 5.97 Å². The summed E-state index contributed by atoms with van der Waals surface area (Å²) in [6.45, 7) is 3.67. The Labute approximate surface area is 93.1 Å². The first kappa shape index (κ1) is 12.6. The molecule has 16 heavy (non-hydrogen) atoms. The average molecular weight is 229 g/mol. The third-order valence-corrected chi connectivity index (χ3v) is 1.69. The minimum absolute atomic E-state index is 0.0506. The molecule has 0 unspecified atom stereocenters. The van der Waals surface area contributed by atoms with E-state index in [0.29, 0.717) is 25.6 Å². The topological polar surface area (TPSA) is 86.5 Å². The summed E-state index contributed by atoms with van der Waals surface area (Å²) in [6.07, 6.45) is 0. The van der Waals surface area contributed by atoms with Crippen LogP contribution in [0.25, 0.3) is 0 Å². The van der Waals surface area contributed by atoms with Crippen molar-refractivity contribution in [3.05, 3.63) is 11.7 Å². The Morgan fingerprint density at radius 3 is 3.06 bits per heavy atom. The molecule has 90 valence electrons. The highest BCUT2D eigenvalue weighted by Crippen LogP contribution is 1.98. The van der Waals surface area contributed by atoms with E-state index in [0.717, 1.165) is 0 Å². The first-order valence-corrected chi connectivity index (χ1v) is 4.97.